The van der Waals surface area contributed by atoms with Gasteiger partial charge in [-0.2, -0.15) is 4.31 Å². The maximum absolute atomic E-state index is 12.6. The Hall–Kier alpha value is -0.330. The van der Waals surface area contributed by atoms with Crippen molar-refractivity contribution in [1.29, 1.82) is 0 Å². The number of sulfonamides is 1. The largest absolute Gasteiger partial charge is 0.392 e. The third-order valence-electron chi connectivity index (χ3n) is 3.39. The van der Waals surface area contributed by atoms with Crippen molar-refractivity contribution in [2.45, 2.75) is 37.3 Å². The minimum Gasteiger partial charge on any atom is -0.392 e. The van der Waals surface area contributed by atoms with E-state index in [9.17, 15) is 13.5 Å². The van der Waals surface area contributed by atoms with E-state index in [4.69, 9.17) is 23.2 Å². The first kappa shape index (κ1) is 15.1. The topological polar surface area (TPSA) is 57.6 Å². The van der Waals surface area contributed by atoms with Gasteiger partial charge in [0.2, 0.25) is 10.0 Å². The van der Waals surface area contributed by atoms with Crippen LogP contribution in [0.15, 0.2) is 17.0 Å². The lowest BCUT2D eigenvalue weighted by atomic mass is 10.2. The standard InChI is InChI=1S/C12H15Cl2NO3S/c1-8-3-2-6-15(8)19(17,18)11-5-4-10(13)9(7-16)12(11)14/h4-5,8,16H,2-3,6-7H2,1H3. The maximum atomic E-state index is 12.6. The van der Waals surface area contributed by atoms with E-state index in [0.717, 1.165) is 12.8 Å². The van der Waals surface area contributed by atoms with Crippen molar-refractivity contribution in [1.82, 2.24) is 4.31 Å². The lowest BCUT2D eigenvalue weighted by molar-refractivity contribution is 0.281. The van der Waals surface area contributed by atoms with Crippen molar-refractivity contribution in [3.8, 4) is 0 Å². The van der Waals surface area contributed by atoms with E-state index in [0.29, 0.717) is 6.54 Å². The Kier molecular flexibility index (Phi) is 4.42. The highest BCUT2D eigenvalue weighted by molar-refractivity contribution is 7.89. The summed E-state index contributed by atoms with van der Waals surface area (Å²) in [6, 6.07) is 2.81. The Morgan fingerprint density at radius 2 is 2.11 bits per heavy atom. The smallest absolute Gasteiger partial charge is 0.244 e. The van der Waals surface area contributed by atoms with Gasteiger partial charge in [0.25, 0.3) is 0 Å². The molecule has 1 saturated heterocycles. The normalized spacial score (nSPS) is 20.9. The van der Waals surface area contributed by atoms with E-state index in [-0.39, 0.29) is 26.5 Å². The third-order valence-corrected chi connectivity index (χ3v) is 6.34. The van der Waals surface area contributed by atoms with Crippen molar-refractivity contribution in [3.05, 3.63) is 27.7 Å². The molecule has 1 unspecified atom stereocenters. The van der Waals surface area contributed by atoms with Crippen LogP contribution in [0.2, 0.25) is 10.0 Å². The monoisotopic (exact) mass is 323 g/mol. The molecule has 1 heterocycles. The summed E-state index contributed by atoms with van der Waals surface area (Å²) in [6.07, 6.45) is 1.69. The maximum Gasteiger partial charge on any atom is 0.244 e. The first-order valence-electron chi connectivity index (χ1n) is 5.99. The molecule has 7 heteroatoms. The highest BCUT2D eigenvalue weighted by atomic mass is 35.5. The van der Waals surface area contributed by atoms with Gasteiger partial charge in [-0.05, 0) is 31.9 Å². The van der Waals surface area contributed by atoms with Crippen molar-refractivity contribution < 1.29 is 13.5 Å². The minimum atomic E-state index is -3.64. The number of hydrogen-bond acceptors (Lipinski definition) is 3. The zero-order valence-electron chi connectivity index (χ0n) is 10.4. The van der Waals surface area contributed by atoms with Gasteiger partial charge in [0.15, 0.2) is 0 Å². The third kappa shape index (κ3) is 2.62. The lowest BCUT2D eigenvalue weighted by Gasteiger charge is -2.22. The van der Waals surface area contributed by atoms with Crippen LogP contribution in [-0.2, 0) is 16.6 Å². The second-order valence-corrected chi connectivity index (χ2v) is 7.25. The van der Waals surface area contributed by atoms with Crippen molar-refractivity contribution in [2.24, 2.45) is 0 Å². The molecule has 1 aliphatic rings. The summed E-state index contributed by atoms with van der Waals surface area (Å²) in [5.74, 6) is 0. The van der Waals surface area contributed by atoms with Crippen LogP contribution in [-0.4, -0.2) is 30.4 Å². The molecular weight excluding hydrogens is 309 g/mol. The van der Waals surface area contributed by atoms with E-state index in [1.54, 1.807) is 0 Å². The highest BCUT2D eigenvalue weighted by Crippen LogP contribution is 2.34. The molecular formula is C12H15Cl2NO3S. The number of halogens is 2. The fourth-order valence-corrected chi connectivity index (χ4v) is 4.88. The summed E-state index contributed by atoms with van der Waals surface area (Å²) >= 11 is 12.0. The molecule has 0 spiro atoms. The van der Waals surface area contributed by atoms with E-state index in [1.165, 1.54) is 16.4 Å². The Labute approximate surface area is 123 Å². The van der Waals surface area contributed by atoms with Gasteiger partial charge in [-0.3, -0.25) is 0 Å². The van der Waals surface area contributed by atoms with Crippen molar-refractivity contribution in [3.63, 3.8) is 0 Å². The van der Waals surface area contributed by atoms with Gasteiger partial charge in [0.1, 0.15) is 4.90 Å². The number of rotatable bonds is 3. The first-order valence-corrected chi connectivity index (χ1v) is 8.18. The zero-order chi connectivity index (χ0) is 14.2. The van der Waals surface area contributed by atoms with Gasteiger partial charge in [-0.25, -0.2) is 8.42 Å². The molecule has 0 aromatic heterocycles. The van der Waals surface area contributed by atoms with Crippen LogP contribution in [0.1, 0.15) is 25.3 Å². The lowest BCUT2D eigenvalue weighted by Crippen LogP contribution is -2.33. The van der Waals surface area contributed by atoms with E-state index >= 15 is 0 Å². The summed E-state index contributed by atoms with van der Waals surface area (Å²) < 4.78 is 26.6. The molecule has 0 saturated carbocycles. The van der Waals surface area contributed by atoms with Gasteiger partial charge >= 0.3 is 0 Å². The predicted octanol–water partition coefficient (Wildman–Crippen LogP) is 2.66. The van der Waals surface area contributed by atoms with Gasteiger partial charge in [-0.15, -0.1) is 0 Å². The van der Waals surface area contributed by atoms with E-state index in [1.807, 2.05) is 6.92 Å². The molecule has 4 nitrogen and oxygen atoms in total. The fourth-order valence-electron chi connectivity index (χ4n) is 2.31. The highest BCUT2D eigenvalue weighted by Gasteiger charge is 2.34. The number of hydrogen-bond donors (Lipinski definition) is 1. The second-order valence-electron chi connectivity index (χ2n) is 4.60. The van der Waals surface area contributed by atoms with Crippen LogP contribution in [0, 0.1) is 0 Å². The Balaban J connectivity index is 2.52. The minimum absolute atomic E-state index is 0.00843. The molecule has 19 heavy (non-hydrogen) atoms. The Bertz CT molecular complexity index is 589. The number of benzene rings is 1. The van der Waals surface area contributed by atoms with Crippen LogP contribution in [0.25, 0.3) is 0 Å². The molecule has 1 aliphatic heterocycles. The Morgan fingerprint density at radius 3 is 2.63 bits per heavy atom. The van der Waals surface area contributed by atoms with Gasteiger partial charge < -0.3 is 5.11 Å². The number of nitrogens with zero attached hydrogens (tertiary/aromatic N) is 1. The summed E-state index contributed by atoms with van der Waals surface area (Å²) in [4.78, 5) is 0.0105. The second kappa shape index (κ2) is 5.58. The average molecular weight is 324 g/mol. The van der Waals surface area contributed by atoms with Gasteiger partial charge in [0.05, 0.1) is 11.6 Å². The average Bonchev–Trinajstić information content (AvgIpc) is 2.76. The Morgan fingerprint density at radius 1 is 1.42 bits per heavy atom. The van der Waals surface area contributed by atoms with Crippen molar-refractivity contribution >= 4 is 33.2 Å². The predicted molar refractivity (Wildman–Crippen MR) is 75.0 cm³/mol. The molecule has 0 amide bonds. The van der Waals surface area contributed by atoms with Crippen LogP contribution in [0.4, 0.5) is 0 Å². The first-order chi connectivity index (χ1) is 8.89. The summed E-state index contributed by atoms with van der Waals surface area (Å²) in [5.41, 5.74) is 0.247. The SMILES string of the molecule is CC1CCCN1S(=O)(=O)c1ccc(Cl)c(CO)c1Cl. The fraction of sp³-hybridized carbons (Fsp3) is 0.500. The zero-order valence-corrected chi connectivity index (χ0v) is 12.8. The molecule has 0 bridgehead atoms. The molecule has 106 valence electrons. The molecule has 1 aromatic rings. The summed E-state index contributed by atoms with van der Waals surface area (Å²) in [6.45, 7) is 1.98. The van der Waals surface area contributed by atoms with Crippen LogP contribution in [0.5, 0.6) is 0 Å². The van der Waals surface area contributed by atoms with E-state index in [2.05, 4.69) is 0 Å². The van der Waals surface area contributed by atoms with Crippen molar-refractivity contribution in [2.75, 3.05) is 6.54 Å². The summed E-state index contributed by atoms with van der Waals surface area (Å²) in [7, 11) is -3.64. The molecule has 2 rings (SSSR count). The molecule has 1 atom stereocenters. The summed E-state index contributed by atoms with van der Waals surface area (Å²) in [5, 5.41) is 9.50. The molecule has 0 radical (unpaired) electrons. The van der Waals surface area contributed by atoms with Crippen LogP contribution < -0.4 is 0 Å². The molecule has 0 aliphatic carbocycles. The molecule has 1 N–H and O–H groups in total. The van der Waals surface area contributed by atoms with Gasteiger partial charge in [0, 0.05) is 23.2 Å². The number of aliphatic hydroxyl groups excluding tert-OH is 1. The number of aliphatic hydroxyl groups is 1. The quantitative estimate of drug-likeness (QED) is 0.930. The van der Waals surface area contributed by atoms with E-state index < -0.39 is 16.6 Å². The molecule has 1 fully saturated rings. The van der Waals surface area contributed by atoms with Crippen LogP contribution >= 0.6 is 23.2 Å². The van der Waals surface area contributed by atoms with Crippen LogP contribution in [0.3, 0.4) is 0 Å². The molecule has 1 aromatic carbocycles. The van der Waals surface area contributed by atoms with Gasteiger partial charge in [-0.1, -0.05) is 23.2 Å².